The van der Waals surface area contributed by atoms with Crippen LogP contribution in [0.15, 0.2) is 78.9 Å². The maximum absolute atomic E-state index is 6.50. The van der Waals surface area contributed by atoms with Crippen LogP contribution >= 0.6 is 0 Å². The third-order valence-corrected chi connectivity index (χ3v) is 7.97. The molecule has 2 atom stereocenters. The van der Waals surface area contributed by atoms with E-state index in [1.165, 1.54) is 50.2 Å². The van der Waals surface area contributed by atoms with E-state index in [1.54, 1.807) is 0 Å². The van der Waals surface area contributed by atoms with Gasteiger partial charge in [-0.05, 0) is 93.8 Å². The van der Waals surface area contributed by atoms with E-state index in [4.69, 9.17) is 9.47 Å². The predicted octanol–water partition coefficient (Wildman–Crippen LogP) is 10.0. The van der Waals surface area contributed by atoms with Crippen LogP contribution in [0.25, 0.3) is 27.3 Å². The standard InChI is InChI=1S/C36H42O2/c1-24(2)21-34(36(4,5)6)31-18-11-19-32-30(31)17-12-20-35(32)38-25(3)37-23-33-28-15-9-7-13-26(28)22-27-14-8-10-16-29(27)33/h7-11,13-16,18-20,22,24-25,34H,12,17,21,23H2,1-6H3. The van der Waals surface area contributed by atoms with Crippen molar-refractivity contribution >= 4 is 27.3 Å². The summed E-state index contributed by atoms with van der Waals surface area (Å²) in [7, 11) is 0. The van der Waals surface area contributed by atoms with E-state index in [0.29, 0.717) is 18.4 Å². The Hall–Kier alpha value is -3.10. The normalized spacial score (nSPS) is 15.4. The van der Waals surface area contributed by atoms with Crippen molar-refractivity contribution in [3.63, 3.8) is 0 Å². The van der Waals surface area contributed by atoms with Crippen molar-refractivity contribution < 1.29 is 9.47 Å². The molecule has 0 saturated carbocycles. The van der Waals surface area contributed by atoms with Gasteiger partial charge in [0.1, 0.15) is 5.76 Å². The lowest BCUT2D eigenvalue weighted by Gasteiger charge is -2.35. The molecule has 4 aromatic rings. The van der Waals surface area contributed by atoms with Crippen LogP contribution in [0.4, 0.5) is 0 Å². The maximum Gasteiger partial charge on any atom is 0.197 e. The summed E-state index contributed by atoms with van der Waals surface area (Å²) < 4.78 is 12.9. The number of fused-ring (bicyclic) bond motifs is 3. The highest BCUT2D eigenvalue weighted by molar-refractivity contribution is 6.02. The van der Waals surface area contributed by atoms with Gasteiger partial charge in [-0.25, -0.2) is 0 Å². The van der Waals surface area contributed by atoms with Crippen LogP contribution in [-0.4, -0.2) is 6.29 Å². The predicted molar refractivity (Wildman–Crippen MR) is 161 cm³/mol. The number of ether oxygens (including phenoxy) is 2. The van der Waals surface area contributed by atoms with Crippen LogP contribution in [0.5, 0.6) is 0 Å². The summed E-state index contributed by atoms with van der Waals surface area (Å²) in [6.07, 6.45) is 5.15. The summed E-state index contributed by atoms with van der Waals surface area (Å²) in [5.74, 6) is 2.13. The van der Waals surface area contributed by atoms with E-state index in [0.717, 1.165) is 18.6 Å². The molecule has 5 rings (SSSR count). The lowest BCUT2D eigenvalue weighted by molar-refractivity contribution is -0.0917. The quantitative estimate of drug-likeness (QED) is 0.175. The van der Waals surface area contributed by atoms with E-state index in [2.05, 4.69) is 113 Å². The van der Waals surface area contributed by atoms with Gasteiger partial charge in [-0.1, -0.05) is 101 Å². The van der Waals surface area contributed by atoms with Crippen LogP contribution in [0, 0.1) is 11.3 Å². The molecule has 0 bridgehead atoms. The van der Waals surface area contributed by atoms with Gasteiger partial charge in [-0.15, -0.1) is 0 Å². The van der Waals surface area contributed by atoms with Crippen LogP contribution < -0.4 is 0 Å². The van der Waals surface area contributed by atoms with Crippen molar-refractivity contribution in [1.82, 2.24) is 0 Å². The molecule has 1 aliphatic carbocycles. The molecular formula is C36H42O2. The van der Waals surface area contributed by atoms with Gasteiger partial charge in [0, 0.05) is 5.56 Å². The first kappa shape index (κ1) is 26.5. The second kappa shape index (κ2) is 10.9. The van der Waals surface area contributed by atoms with Crippen LogP contribution in [0.1, 0.15) is 82.6 Å². The number of hydrogen-bond donors (Lipinski definition) is 0. The zero-order valence-corrected chi connectivity index (χ0v) is 23.9. The monoisotopic (exact) mass is 506 g/mol. The van der Waals surface area contributed by atoms with Crippen molar-refractivity contribution in [2.24, 2.45) is 11.3 Å². The Morgan fingerprint density at radius 2 is 1.47 bits per heavy atom. The largest absolute Gasteiger partial charge is 0.465 e. The van der Waals surface area contributed by atoms with Gasteiger partial charge in [-0.3, -0.25) is 0 Å². The molecule has 2 unspecified atom stereocenters. The molecule has 2 heteroatoms. The lowest BCUT2D eigenvalue weighted by Crippen LogP contribution is -2.23. The van der Waals surface area contributed by atoms with Gasteiger partial charge in [0.15, 0.2) is 6.29 Å². The van der Waals surface area contributed by atoms with Crippen molar-refractivity contribution in [3.8, 4) is 0 Å². The van der Waals surface area contributed by atoms with Crippen molar-refractivity contribution in [2.45, 2.75) is 79.6 Å². The maximum atomic E-state index is 6.50. The van der Waals surface area contributed by atoms with E-state index in [1.807, 2.05) is 6.92 Å². The van der Waals surface area contributed by atoms with Gasteiger partial charge < -0.3 is 9.47 Å². The van der Waals surface area contributed by atoms with Gasteiger partial charge in [0.2, 0.25) is 0 Å². The van der Waals surface area contributed by atoms with Gasteiger partial charge in [0.25, 0.3) is 0 Å². The first-order valence-corrected chi connectivity index (χ1v) is 14.2. The second-order valence-electron chi connectivity index (χ2n) is 12.3. The van der Waals surface area contributed by atoms with Crippen molar-refractivity contribution in [2.75, 3.05) is 0 Å². The zero-order valence-electron chi connectivity index (χ0n) is 23.9. The summed E-state index contributed by atoms with van der Waals surface area (Å²) >= 11 is 0. The summed E-state index contributed by atoms with van der Waals surface area (Å²) in [4.78, 5) is 0. The Bertz CT molecular complexity index is 1400. The Balaban J connectivity index is 1.38. The van der Waals surface area contributed by atoms with E-state index < -0.39 is 0 Å². The van der Waals surface area contributed by atoms with E-state index in [9.17, 15) is 0 Å². The van der Waals surface area contributed by atoms with E-state index in [-0.39, 0.29) is 11.7 Å². The molecule has 0 amide bonds. The molecule has 4 aromatic carbocycles. The Kier molecular flexibility index (Phi) is 7.63. The molecule has 0 radical (unpaired) electrons. The lowest BCUT2D eigenvalue weighted by atomic mass is 9.70. The highest BCUT2D eigenvalue weighted by Crippen LogP contribution is 2.44. The zero-order chi connectivity index (χ0) is 26.9. The first-order chi connectivity index (χ1) is 18.2. The second-order valence-corrected chi connectivity index (χ2v) is 12.3. The minimum absolute atomic E-state index is 0.208. The molecule has 0 aromatic heterocycles. The molecule has 1 aliphatic rings. The molecule has 0 spiro atoms. The third-order valence-electron chi connectivity index (χ3n) is 7.97. The van der Waals surface area contributed by atoms with Crippen molar-refractivity contribution in [3.05, 3.63) is 101 Å². The van der Waals surface area contributed by atoms with Crippen LogP contribution in [0.2, 0.25) is 0 Å². The summed E-state index contributed by atoms with van der Waals surface area (Å²) in [5.41, 5.74) is 5.61. The first-order valence-electron chi connectivity index (χ1n) is 14.2. The Morgan fingerprint density at radius 1 is 0.816 bits per heavy atom. The van der Waals surface area contributed by atoms with Gasteiger partial charge in [-0.2, -0.15) is 0 Å². The average Bonchev–Trinajstić information content (AvgIpc) is 2.89. The topological polar surface area (TPSA) is 18.5 Å². The molecule has 0 N–H and O–H groups in total. The number of benzene rings is 4. The smallest absolute Gasteiger partial charge is 0.197 e. The Morgan fingerprint density at radius 3 is 2.11 bits per heavy atom. The van der Waals surface area contributed by atoms with Crippen molar-refractivity contribution in [1.29, 1.82) is 0 Å². The fourth-order valence-corrected chi connectivity index (χ4v) is 6.11. The fourth-order valence-electron chi connectivity index (χ4n) is 6.11. The minimum Gasteiger partial charge on any atom is -0.465 e. The fraction of sp³-hybridized carbons (Fsp3) is 0.389. The summed E-state index contributed by atoms with van der Waals surface area (Å²) in [5, 5.41) is 4.96. The Labute approximate surface area is 228 Å². The summed E-state index contributed by atoms with van der Waals surface area (Å²) in [6, 6.07) is 26.2. The molecule has 198 valence electrons. The highest BCUT2D eigenvalue weighted by Gasteiger charge is 2.31. The molecule has 0 aliphatic heterocycles. The molecule has 0 heterocycles. The molecule has 0 fully saturated rings. The highest BCUT2D eigenvalue weighted by atomic mass is 16.7. The van der Waals surface area contributed by atoms with Crippen LogP contribution in [0.3, 0.4) is 0 Å². The minimum atomic E-state index is -0.359. The van der Waals surface area contributed by atoms with E-state index >= 15 is 0 Å². The van der Waals surface area contributed by atoms with Gasteiger partial charge in [0.05, 0.1) is 6.61 Å². The number of hydrogen-bond acceptors (Lipinski definition) is 2. The van der Waals surface area contributed by atoms with Crippen LogP contribution in [-0.2, 0) is 22.5 Å². The molecule has 0 saturated heterocycles. The SMILES string of the molecule is CC(C)CC(c1cccc2c1CCC=C2OC(C)OCc1c2ccccc2cc2ccccc12)C(C)(C)C. The van der Waals surface area contributed by atoms with Gasteiger partial charge >= 0.3 is 0 Å². The molecular weight excluding hydrogens is 464 g/mol. The third kappa shape index (κ3) is 5.52. The number of allylic oxidation sites excluding steroid dienone is 1. The molecule has 2 nitrogen and oxygen atoms in total. The average molecular weight is 507 g/mol. The molecule has 38 heavy (non-hydrogen) atoms. The summed E-state index contributed by atoms with van der Waals surface area (Å²) in [6.45, 7) is 14.3. The number of rotatable bonds is 8.